The second-order valence-electron chi connectivity index (χ2n) is 4.82. The van der Waals surface area contributed by atoms with Crippen LogP contribution in [0, 0.1) is 10.8 Å². The molecule has 0 heterocycles. The molecule has 0 saturated heterocycles. The van der Waals surface area contributed by atoms with Crippen molar-refractivity contribution in [2.75, 3.05) is 13.6 Å². The summed E-state index contributed by atoms with van der Waals surface area (Å²) in [6.07, 6.45) is 7.30. The maximum Gasteiger partial charge on any atom is 0.0530 e. The summed E-state index contributed by atoms with van der Waals surface area (Å²) in [5, 5.41) is 0. The Morgan fingerprint density at radius 2 is 1.92 bits per heavy atom. The average molecular weight is 171 g/mol. The summed E-state index contributed by atoms with van der Waals surface area (Å²) in [5.74, 6) is 0. The van der Waals surface area contributed by atoms with E-state index in [-0.39, 0.29) is 5.41 Å². The van der Waals surface area contributed by atoms with E-state index in [1.165, 1.54) is 25.7 Å². The van der Waals surface area contributed by atoms with E-state index < -0.39 is 7.04 Å². The van der Waals surface area contributed by atoms with Gasteiger partial charge in [-0.05, 0) is 42.9 Å². The molecule has 0 N–H and O–H groups in total. The minimum absolute atomic E-state index is 0.199. The van der Waals surface area contributed by atoms with Crippen LogP contribution in [0.4, 0.5) is 0 Å². The summed E-state index contributed by atoms with van der Waals surface area (Å²) in [4.78, 5) is 0. The van der Waals surface area contributed by atoms with Gasteiger partial charge in [0.2, 0.25) is 0 Å². The van der Waals surface area contributed by atoms with Gasteiger partial charge in [-0.3, -0.25) is 0 Å². The molecule has 0 aromatic rings. The van der Waals surface area contributed by atoms with E-state index in [1.54, 1.807) is 0 Å². The zero-order valence-corrected chi connectivity index (χ0v) is 7.86. The standard InChI is InChI=1S/C11H20O/c1-3-10-4-6-11(8-10,7-5-10)9-12-2/h3-9H2,1-2H3/i2D3. The Kier molecular flexibility index (Phi) is 1.28. The quantitative estimate of drug-likeness (QED) is 0.634. The molecule has 0 aromatic carbocycles. The Labute approximate surface area is 79.7 Å². The van der Waals surface area contributed by atoms with E-state index in [2.05, 4.69) is 6.92 Å². The molecule has 2 fully saturated rings. The highest BCUT2D eigenvalue weighted by Crippen LogP contribution is 2.62. The van der Waals surface area contributed by atoms with Crippen LogP contribution in [0.15, 0.2) is 0 Å². The van der Waals surface area contributed by atoms with Crippen LogP contribution in [-0.4, -0.2) is 13.6 Å². The Balaban J connectivity index is 1.94. The lowest BCUT2D eigenvalue weighted by Crippen LogP contribution is -2.20. The van der Waals surface area contributed by atoms with Crippen molar-refractivity contribution in [3.63, 3.8) is 0 Å². The summed E-state index contributed by atoms with van der Waals surface area (Å²) in [7, 11) is -2.21. The summed E-state index contributed by atoms with van der Waals surface area (Å²) < 4.78 is 26.3. The number of ether oxygens (including phenoxy) is 1. The van der Waals surface area contributed by atoms with Crippen molar-refractivity contribution >= 4 is 0 Å². The molecule has 2 aliphatic rings. The molecule has 2 bridgehead atoms. The SMILES string of the molecule is [2H]C([2H])([2H])OCC12CCC(CC)(CC1)C2. The van der Waals surface area contributed by atoms with E-state index in [1.807, 2.05) is 0 Å². The molecule has 0 spiro atoms. The van der Waals surface area contributed by atoms with Gasteiger partial charge in [0.1, 0.15) is 0 Å². The molecule has 1 nitrogen and oxygen atoms in total. The highest BCUT2D eigenvalue weighted by molar-refractivity contribution is 5.03. The van der Waals surface area contributed by atoms with Gasteiger partial charge in [-0.15, -0.1) is 0 Å². The molecular weight excluding hydrogens is 148 g/mol. The smallest absolute Gasteiger partial charge is 0.0530 e. The fourth-order valence-electron chi connectivity index (χ4n) is 3.29. The van der Waals surface area contributed by atoms with E-state index in [4.69, 9.17) is 8.85 Å². The number of hydrogen-bond acceptors (Lipinski definition) is 1. The third-order valence-corrected chi connectivity index (χ3v) is 4.25. The summed E-state index contributed by atoms with van der Waals surface area (Å²) in [6, 6.07) is 0. The summed E-state index contributed by atoms with van der Waals surface area (Å²) >= 11 is 0. The molecule has 0 aliphatic heterocycles. The summed E-state index contributed by atoms with van der Waals surface area (Å²) in [5.41, 5.74) is 0.725. The highest BCUT2D eigenvalue weighted by Gasteiger charge is 2.52. The molecule has 2 rings (SSSR count). The molecule has 0 radical (unpaired) electrons. The molecule has 0 amide bonds. The van der Waals surface area contributed by atoms with Crippen molar-refractivity contribution in [2.45, 2.75) is 45.4 Å². The molecule has 0 aromatic heterocycles. The second kappa shape index (κ2) is 2.73. The zero-order chi connectivity index (χ0) is 11.2. The van der Waals surface area contributed by atoms with Crippen LogP contribution < -0.4 is 0 Å². The minimum Gasteiger partial charge on any atom is -0.384 e. The first-order valence-electron chi connectivity index (χ1n) is 6.53. The number of rotatable bonds is 3. The van der Waals surface area contributed by atoms with Gasteiger partial charge in [-0.1, -0.05) is 13.3 Å². The van der Waals surface area contributed by atoms with Gasteiger partial charge in [0.25, 0.3) is 0 Å². The molecule has 0 atom stereocenters. The molecule has 2 saturated carbocycles. The van der Waals surface area contributed by atoms with E-state index in [0.29, 0.717) is 12.0 Å². The van der Waals surface area contributed by atoms with Gasteiger partial charge in [0.15, 0.2) is 0 Å². The van der Waals surface area contributed by atoms with E-state index in [0.717, 1.165) is 12.8 Å². The van der Waals surface area contributed by atoms with Crippen LogP contribution in [0.2, 0.25) is 0 Å². The number of methoxy groups -OCH3 is 1. The van der Waals surface area contributed by atoms with Crippen LogP contribution >= 0.6 is 0 Å². The second-order valence-corrected chi connectivity index (χ2v) is 4.82. The predicted molar refractivity (Wildman–Crippen MR) is 50.1 cm³/mol. The lowest BCUT2D eigenvalue weighted by atomic mass is 9.81. The van der Waals surface area contributed by atoms with Crippen LogP contribution in [0.3, 0.4) is 0 Å². The van der Waals surface area contributed by atoms with Crippen LogP contribution in [0.25, 0.3) is 0 Å². The fraction of sp³-hybridized carbons (Fsp3) is 1.00. The van der Waals surface area contributed by atoms with Crippen molar-refractivity contribution in [2.24, 2.45) is 10.8 Å². The van der Waals surface area contributed by atoms with Crippen molar-refractivity contribution in [3.05, 3.63) is 0 Å². The first-order chi connectivity index (χ1) is 6.89. The first-order valence-corrected chi connectivity index (χ1v) is 5.03. The van der Waals surface area contributed by atoms with Gasteiger partial charge in [-0.2, -0.15) is 0 Å². The van der Waals surface area contributed by atoms with E-state index >= 15 is 0 Å². The van der Waals surface area contributed by atoms with E-state index in [9.17, 15) is 0 Å². The summed E-state index contributed by atoms with van der Waals surface area (Å²) in [6.45, 7) is 2.69. The largest absolute Gasteiger partial charge is 0.384 e. The molecule has 12 heavy (non-hydrogen) atoms. The van der Waals surface area contributed by atoms with Gasteiger partial charge in [0.05, 0.1) is 10.7 Å². The third-order valence-electron chi connectivity index (χ3n) is 4.25. The van der Waals surface area contributed by atoms with Crippen molar-refractivity contribution in [3.8, 4) is 0 Å². The van der Waals surface area contributed by atoms with Gasteiger partial charge in [0, 0.05) is 7.04 Å². The van der Waals surface area contributed by atoms with Gasteiger partial charge >= 0.3 is 0 Å². The van der Waals surface area contributed by atoms with Crippen LogP contribution in [0.5, 0.6) is 0 Å². The third kappa shape index (κ3) is 1.10. The van der Waals surface area contributed by atoms with Crippen molar-refractivity contribution < 1.29 is 8.85 Å². The van der Waals surface area contributed by atoms with Gasteiger partial charge in [-0.25, -0.2) is 0 Å². The monoisotopic (exact) mass is 171 g/mol. The normalized spacial score (nSPS) is 50.2. The van der Waals surface area contributed by atoms with Crippen molar-refractivity contribution in [1.82, 2.24) is 0 Å². The maximum absolute atomic E-state index is 7.08. The Bertz CT molecular complexity index is 239. The van der Waals surface area contributed by atoms with Crippen LogP contribution in [-0.2, 0) is 4.74 Å². The lowest BCUT2D eigenvalue weighted by molar-refractivity contribution is 0.0860. The number of hydrogen-bond donors (Lipinski definition) is 0. The zero-order valence-electron chi connectivity index (χ0n) is 10.9. The van der Waals surface area contributed by atoms with Crippen LogP contribution in [0.1, 0.15) is 49.6 Å². The molecule has 0 unspecified atom stereocenters. The molecule has 2 aliphatic carbocycles. The maximum atomic E-state index is 7.08. The lowest BCUT2D eigenvalue weighted by Gasteiger charge is -2.26. The molecule has 70 valence electrons. The predicted octanol–water partition coefficient (Wildman–Crippen LogP) is 2.99. The number of fused-ring (bicyclic) bond motifs is 2. The first kappa shape index (κ1) is 5.64. The molecular formula is C11H20O. The minimum atomic E-state index is -2.21. The van der Waals surface area contributed by atoms with Gasteiger partial charge < -0.3 is 4.74 Å². The average Bonchev–Trinajstić information content (AvgIpc) is 2.71. The molecule has 1 heteroatoms. The highest BCUT2D eigenvalue weighted by atomic mass is 16.5. The Hall–Kier alpha value is -0.0400. The fourth-order valence-corrected chi connectivity index (χ4v) is 3.29. The van der Waals surface area contributed by atoms with Crippen molar-refractivity contribution in [1.29, 1.82) is 0 Å². The topological polar surface area (TPSA) is 9.23 Å². The Morgan fingerprint density at radius 3 is 2.42 bits per heavy atom. The Morgan fingerprint density at radius 1 is 1.25 bits per heavy atom.